The molecule has 8 heteroatoms. The lowest BCUT2D eigenvalue weighted by Crippen LogP contribution is -2.11. The van der Waals surface area contributed by atoms with Crippen molar-refractivity contribution >= 4 is 17.3 Å². The minimum absolute atomic E-state index is 0.269. The number of aromatic nitrogens is 4. The number of unbranched alkanes of at least 4 members (excludes halogenated alkanes) is 1. The van der Waals surface area contributed by atoms with Crippen LogP contribution in [0.1, 0.15) is 19.8 Å². The minimum Gasteiger partial charge on any atom is -0.492 e. The second-order valence-electron chi connectivity index (χ2n) is 3.87. The molecule has 0 amide bonds. The highest BCUT2D eigenvalue weighted by molar-refractivity contribution is 7.13. The largest absolute Gasteiger partial charge is 0.492 e. The molecule has 2 aromatic heterocycles. The van der Waals surface area contributed by atoms with Crippen LogP contribution in [-0.4, -0.2) is 37.9 Å². The molecule has 0 saturated heterocycles. The van der Waals surface area contributed by atoms with Crippen LogP contribution in [0.15, 0.2) is 11.4 Å². The first-order valence-electron chi connectivity index (χ1n) is 5.91. The van der Waals surface area contributed by atoms with Gasteiger partial charge >= 0.3 is 5.97 Å². The Morgan fingerprint density at radius 3 is 3.16 bits per heavy atom. The zero-order valence-corrected chi connectivity index (χ0v) is 11.3. The summed E-state index contributed by atoms with van der Waals surface area (Å²) in [6, 6.07) is 1.84. The molecule has 0 aliphatic carbocycles. The Morgan fingerprint density at radius 1 is 1.58 bits per heavy atom. The van der Waals surface area contributed by atoms with Gasteiger partial charge in [-0.1, -0.05) is 13.3 Å². The van der Waals surface area contributed by atoms with E-state index in [1.807, 2.05) is 11.4 Å². The van der Waals surface area contributed by atoms with E-state index >= 15 is 0 Å². The first-order chi connectivity index (χ1) is 9.22. The number of rotatable bonds is 7. The summed E-state index contributed by atoms with van der Waals surface area (Å²) in [5.74, 6) is 0.127. The number of tetrazole rings is 1. The molecule has 0 radical (unpaired) electrons. The summed E-state index contributed by atoms with van der Waals surface area (Å²) < 4.78 is 6.91. The molecular weight excluding hydrogens is 268 g/mol. The van der Waals surface area contributed by atoms with Crippen molar-refractivity contribution in [1.29, 1.82) is 0 Å². The highest BCUT2D eigenvalue weighted by Gasteiger charge is 2.17. The second kappa shape index (κ2) is 6.28. The van der Waals surface area contributed by atoms with Crippen molar-refractivity contribution in [3.8, 4) is 16.5 Å². The maximum atomic E-state index is 10.7. The molecule has 0 spiro atoms. The Balaban J connectivity index is 2.20. The van der Waals surface area contributed by atoms with Gasteiger partial charge < -0.3 is 9.84 Å². The Hall–Kier alpha value is -1.96. The summed E-state index contributed by atoms with van der Waals surface area (Å²) in [5.41, 5.74) is 0. The molecule has 2 heterocycles. The lowest BCUT2D eigenvalue weighted by Gasteiger charge is -2.06. The molecule has 7 nitrogen and oxygen atoms in total. The van der Waals surface area contributed by atoms with Gasteiger partial charge in [-0.2, -0.15) is 0 Å². The number of hydrogen-bond donors (Lipinski definition) is 1. The van der Waals surface area contributed by atoms with E-state index in [9.17, 15) is 4.79 Å². The molecule has 19 heavy (non-hydrogen) atoms. The van der Waals surface area contributed by atoms with E-state index in [1.165, 1.54) is 16.0 Å². The number of ether oxygens (including phenoxy) is 1. The van der Waals surface area contributed by atoms with Gasteiger partial charge in [0.25, 0.3) is 0 Å². The highest BCUT2D eigenvalue weighted by Crippen LogP contribution is 2.33. The molecular formula is C11H14N4O3S. The number of carbonyl (C=O) groups is 1. The van der Waals surface area contributed by atoms with Crippen LogP contribution in [0.3, 0.4) is 0 Å². The van der Waals surface area contributed by atoms with Crippen LogP contribution in [0.25, 0.3) is 10.7 Å². The van der Waals surface area contributed by atoms with Crippen LogP contribution in [-0.2, 0) is 11.3 Å². The van der Waals surface area contributed by atoms with Gasteiger partial charge in [-0.3, -0.25) is 4.79 Å². The first-order valence-corrected chi connectivity index (χ1v) is 6.79. The van der Waals surface area contributed by atoms with E-state index in [4.69, 9.17) is 9.84 Å². The molecule has 0 saturated carbocycles. The molecule has 0 bridgehead atoms. The average Bonchev–Trinajstić information content (AvgIpc) is 2.97. The molecule has 0 unspecified atom stereocenters. The average molecular weight is 282 g/mol. The second-order valence-corrected chi connectivity index (χ2v) is 4.79. The molecule has 2 aromatic rings. The topological polar surface area (TPSA) is 90.1 Å². The SMILES string of the molecule is CCCCOc1ccsc1-c1nnnn1CC(=O)O. The number of nitrogens with zero attached hydrogens (tertiary/aromatic N) is 4. The van der Waals surface area contributed by atoms with E-state index in [0.717, 1.165) is 17.7 Å². The van der Waals surface area contributed by atoms with Gasteiger partial charge in [0, 0.05) is 0 Å². The Kier molecular flexibility index (Phi) is 4.45. The standard InChI is InChI=1S/C11H14N4O3S/c1-2-3-5-18-8-4-6-19-10(8)11-12-13-14-15(11)7-9(16)17/h4,6H,2-3,5,7H2,1H3,(H,16,17). The summed E-state index contributed by atoms with van der Waals surface area (Å²) in [6.07, 6.45) is 2.02. The van der Waals surface area contributed by atoms with Crippen LogP contribution < -0.4 is 4.74 Å². The fourth-order valence-electron chi connectivity index (χ4n) is 1.50. The normalized spacial score (nSPS) is 10.6. The van der Waals surface area contributed by atoms with Crippen molar-refractivity contribution < 1.29 is 14.6 Å². The number of aliphatic carboxylic acids is 1. The van der Waals surface area contributed by atoms with Gasteiger partial charge in [-0.25, -0.2) is 4.68 Å². The maximum Gasteiger partial charge on any atom is 0.325 e. The van der Waals surface area contributed by atoms with Crippen LogP contribution >= 0.6 is 11.3 Å². The number of thiophene rings is 1. The van der Waals surface area contributed by atoms with Gasteiger partial charge in [0.1, 0.15) is 17.2 Å². The Bertz CT molecular complexity index is 552. The van der Waals surface area contributed by atoms with E-state index in [-0.39, 0.29) is 6.54 Å². The van der Waals surface area contributed by atoms with Crippen molar-refractivity contribution in [2.45, 2.75) is 26.3 Å². The summed E-state index contributed by atoms with van der Waals surface area (Å²) in [4.78, 5) is 11.5. The van der Waals surface area contributed by atoms with E-state index < -0.39 is 5.97 Å². The molecule has 1 N–H and O–H groups in total. The maximum absolute atomic E-state index is 10.7. The predicted octanol–water partition coefficient (Wildman–Crippen LogP) is 1.67. The van der Waals surface area contributed by atoms with Crippen LogP contribution in [0.4, 0.5) is 0 Å². The summed E-state index contributed by atoms with van der Waals surface area (Å²) in [7, 11) is 0. The van der Waals surface area contributed by atoms with Gasteiger partial charge in [-0.05, 0) is 28.3 Å². The van der Waals surface area contributed by atoms with Gasteiger partial charge in [0.05, 0.1) is 6.61 Å². The van der Waals surface area contributed by atoms with Crippen molar-refractivity contribution in [2.75, 3.05) is 6.61 Å². The van der Waals surface area contributed by atoms with Gasteiger partial charge in [-0.15, -0.1) is 16.4 Å². The lowest BCUT2D eigenvalue weighted by atomic mass is 10.3. The number of carboxylic acid groups (broad SMARTS) is 1. The molecule has 0 aliphatic heterocycles. The van der Waals surface area contributed by atoms with E-state index in [1.54, 1.807) is 0 Å². The monoisotopic (exact) mass is 282 g/mol. The third kappa shape index (κ3) is 3.28. The van der Waals surface area contributed by atoms with Crippen molar-refractivity contribution in [3.05, 3.63) is 11.4 Å². The van der Waals surface area contributed by atoms with Crippen LogP contribution in [0.2, 0.25) is 0 Å². The zero-order valence-electron chi connectivity index (χ0n) is 10.4. The third-order valence-electron chi connectivity index (χ3n) is 2.40. The number of hydrogen-bond acceptors (Lipinski definition) is 6. The van der Waals surface area contributed by atoms with Crippen molar-refractivity contribution in [3.63, 3.8) is 0 Å². The van der Waals surface area contributed by atoms with Crippen LogP contribution in [0, 0.1) is 0 Å². The Labute approximate surface area is 113 Å². The predicted molar refractivity (Wildman–Crippen MR) is 69.2 cm³/mol. The summed E-state index contributed by atoms with van der Waals surface area (Å²) in [5, 5.41) is 21.7. The first kappa shape index (κ1) is 13.5. The molecule has 0 atom stereocenters. The zero-order chi connectivity index (χ0) is 13.7. The van der Waals surface area contributed by atoms with Crippen LogP contribution in [0.5, 0.6) is 5.75 Å². The van der Waals surface area contributed by atoms with E-state index in [2.05, 4.69) is 22.4 Å². The number of carboxylic acids is 1. The quantitative estimate of drug-likeness (QED) is 0.777. The molecule has 2 rings (SSSR count). The van der Waals surface area contributed by atoms with E-state index in [0.29, 0.717) is 18.2 Å². The lowest BCUT2D eigenvalue weighted by molar-refractivity contribution is -0.137. The molecule has 0 fully saturated rings. The fourth-order valence-corrected chi connectivity index (χ4v) is 2.32. The highest BCUT2D eigenvalue weighted by atomic mass is 32.1. The smallest absolute Gasteiger partial charge is 0.325 e. The van der Waals surface area contributed by atoms with Gasteiger partial charge in [0.15, 0.2) is 5.82 Å². The summed E-state index contributed by atoms with van der Waals surface area (Å²) >= 11 is 1.43. The molecule has 102 valence electrons. The minimum atomic E-state index is -0.987. The fraction of sp³-hybridized carbons (Fsp3) is 0.455. The summed E-state index contributed by atoms with van der Waals surface area (Å²) in [6.45, 7) is 2.45. The van der Waals surface area contributed by atoms with Crippen molar-refractivity contribution in [2.24, 2.45) is 0 Å². The van der Waals surface area contributed by atoms with Crippen molar-refractivity contribution in [1.82, 2.24) is 20.2 Å². The van der Waals surface area contributed by atoms with Gasteiger partial charge in [0.2, 0.25) is 0 Å². The molecule has 0 aromatic carbocycles. The Morgan fingerprint density at radius 2 is 2.42 bits per heavy atom. The third-order valence-corrected chi connectivity index (χ3v) is 3.30. The molecule has 0 aliphatic rings.